The van der Waals surface area contributed by atoms with Gasteiger partial charge in [-0.25, -0.2) is 0 Å². The second-order valence-electron chi connectivity index (χ2n) is 3.79. The number of hydrogen-bond acceptors (Lipinski definition) is 3. The molecule has 1 atom stereocenters. The molecule has 0 heterocycles. The molecule has 17 heavy (non-hydrogen) atoms. The van der Waals surface area contributed by atoms with Crippen molar-refractivity contribution in [3.63, 3.8) is 0 Å². The lowest BCUT2D eigenvalue weighted by molar-refractivity contribution is 0.0952. The molecule has 0 aliphatic carbocycles. The lowest BCUT2D eigenvalue weighted by atomic mass is 10.2. The molecule has 0 bridgehead atoms. The van der Waals surface area contributed by atoms with E-state index >= 15 is 0 Å². The number of aromatic hydroxyl groups is 2. The van der Waals surface area contributed by atoms with Gasteiger partial charge in [-0.1, -0.05) is 6.92 Å². The summed E-state index contributed by atoms with van der Waals surface area (Å²) in [5.74, 6) is -0.617. The zero-order valence-corrected chi connectivity index (χ0v) is 10.4. The normalized spacial score (nSPS) is 12.1. The maximum Gasteiger partial charge on any atom is 0.251 e. The van der Waals surface area contributed by atoms with Crippen LogP contribution in [0.1, 0.15) is 30.1 Å². The molecule has 0 aliphatic heterocycles. The molecule has 3 N–H and O–H groups in total. The van der Waals surface area contributed by atoms with E-state index in [1.165, 1.54) is 18.2 Å². The van der Waals surface area contributed by atoms with Gasteiger partial charge in [-0.15, -0.1) is 11.6 Å². The second kappa shape index (κ2) is 6.35. The number of benzene rings is 1. The van der Waals surface area contributed by atoms with Crippen molar-refractivity contribution in [2.24, 2.45) is 0 Å². The molecule has 0 aromatic heterocycles. The van der Waals surface area contributed by atoms with Gasteiger partial charge < -0.3 is 15.5 Å². The Kier molecular flexibility index (Phi) is 5.10. The maximum absolute atomic E-state index is 11.6. The molecule has 5 heteroatoms. The number of halogens is 1. The minimum atomic E-state index is -0.337. The number of amides is 1. The van der Waals surface area contributed by atoms with Crippen LogP contribution in [0.3, 0.4) is 0 Å². The number of carbonyl (C=O) groups is 1. The van der Waals surface area contributed by atoms with E-state index in [4.69, 9.17) is 11.6 Å². The summed E-state index contributed by atoms with van der Waals surface area (Å²) >= 11 is 5.91. The third kappa shape index (κ3) is 4.53. The van der Waals surface area contributed by atoms with E-state index < -0.39 is 0 Å². The number of nitrogens with one attached hydrogen (secondary N) is 1. The van der Waals surface area contributed by atoms with E-state index in [0.29, 0.717) is 13.0 Å². The highest BCUT2D eigenvalue weighted by Crippen LogP contribution is 2.20. The molecule has 1 amide bonds. The van der Waals surface area contributed by atoms with Crippen molar-refractivity contribution in [3.05, 3.63) is 23.8 Å². The molecule has 0 saturated heterocycles. The number of phenols is 2. The van der Waals surface area contributed by atoms with E-state index in [1.807, 2.05) is 6.92 Å². The smallest absolute Gasteiger partial charge is 0.251 e. The van der Waals surface area contributed by atoms with E-state index in [2.05, 4.69) is 5.32 Å². The average Bonchev–Trinajstić information content (AvgIpc) is 2.27. The minimum Gasteiger partial charge on any atom is -0.508 e. The number of phenolic OH excluding ortho intramolecular Hbond substituents is 2. The molecule has 1 unspecified atom stereocenters. The van der Waals surface area contributed by atoms with Crippen molar-refractivity contribution in [3.8, 4) is 11.5 Å². The van der Waals surface area contributed by atoms with Crippen LogP contribution in [-0.2, 0) is 0 Å². The fourth-order valence-electron chi connectivity index (χ4n) is 1.37. The fraction of sp³-hybridized carbons (Fsp3) is 0.417. The molecular weight excluding hydrogens is 242 g/mol. The molecule has 1 aromatic carbocycles. The van der Waals surface area contributed by atoms with Gasteiger partial charge in [0.15, 0.2) is 0 Å². The number of carbonyl (C=O) groups excluding carboxylic acids is 1. The zero-order chi connectivity index (χ0) is 12.8. The van der Waals surface area contributed by atoms with Crippen molar-refractivity contribution in [2.45, 2.75) is 25.1 Å². The first-order valence-corrected chi connectivity index (χ1v) is 5.92. The summed E-state index contributed by atoms with van der Waals surface area (Å²) in [6.45, 7) is 2.45. The highest BCUT2D eigenvalue weighted by molar-refractivity contribution is 6.20. The van der Waals surface area contributed by atoms with Gasteiger partial charge in [-0.2, -0.15) is 0 Å². The largest absolute Gasteiger partial charge is 0.508 e. The topological polar surface area (TPSA) is 69.6 Å². The van der Waals surface area contributed by atoms with Crippen LogP contribution in [-0.4, -0.2) is 28.0 Å². The van der Waals surface area contributed by atoms with Crippen LogP contribution < -0.4 is 5.32 Å². The summed E-state index contributed by atoms with van der Waals surface area (Å²) in [5.41, 5.74) is 0.227. The number of rotatable bonds is 5. The first-order valence-electron chi connectivity index (χ1n) is 5.48. The SMILES string of the molecule is CCC(Cl)CCNC(=O)c1cc(O)cc(O)c1. The second-order valence-corrected chi connectivity index (χ2v) is 4.41. The van der Waals surface area contributed by atoms with Gasteiger partial charge in [0.1, 0.15) is 11.5 Å². The number of hydrogen-bond donors (Lipinski definition) is 3. The van der Waals surface area contributed by atoms with Crippen molar-refractivity contribution < 1.29 is 15.0 Å². The molecule has 94 valence electrons. The Morgan fingerprint density at radius 3 is 2.47 bits per heavy atom. The first-order chi connectivity index (χ1) is 8.02. The minimum absolute atomic E-state index is 0.0490. The summed E-state index contributed by atoms with van der Waals surface area (Å²) in [7, 11) is 0. The zero-order valence-electron chi connectivity index (χ0n) is 9.61. The third-order valence-corrected chi connectivity index (χ3v) is 2.88. The molecule has 0 saturated carbocycles. The molecular formula is C12H16ClNO3. The molecule has 4 nitrogen and oxygen atoms in total. The Morgan fingerprint density at radius 2 is 1.94 bits per heavy atom. The summed E-state index contributed by atoms with van der Waals surface area (Å²) in [6, 6.07) is 3.77. The first kappa shape index (κ1) is 13.6. The Balaban J connectivity index is 2.52. The Morgan fingerprint density at radius 1 is 1.35 bits per heavy atom. The van der Waals surface area contributed by atoms with Crippen molar-refractivity contribution in [1.29, 1.82) is 0 Å². The van der Waals surface area contributed by atoms with Crippen LogP contribution in [0.15, 0.2) is 18.2 Å². The van der Waals surface area contributed by atoms with Gasteiger partial charge in [0, 0.05) is 23.6 Å². The standard InChI is InChI=1S/C12H16ClNO3/c1-2-9(13)3-4-14-12(17)8-5-10(15)7-11(16)6-8/h5-7,9,15-16H,2-4H2,1H3,(H,14,17). The predicted molar refractivity (Wildman–Crippen MR) is 66.7 cm³/mol. The molecule has 1 aromatic rings. The molecule has 0 aliphatic rings. The average molecular weight is 258 g/mol. The quantitative estimate of drug-likeness (QED) is 0.709. The van der Waals surface area contributed by atoms with Gasteiger partial charge in [0.25, 0.3) is 5.91 Å². The summed E-state index contributed by atoms with van der Waals surface area (Å²) in [4.78, 5) is 11.6. The monoisotopic (exact) mass is 257 g/mol. The van der Waals surface area contributed by atoms with E-state index in [9.17, 15) is 15.0 Å². The third-order valence-electron chi connectivity index (χ3n) is 2.35. The van der Waals surface area contributed by atoms with Crippen LogP contribution in [0.4, 0.5) is 0 Å². The highest BCUT2D eigenvalue weighted by Gasteiger charge is 2.08. The van der Waals surface area contributed by atoms with E-state index in [-0.39, 0.29) is 28.3 Å². The van der Waals surface area contributed by atoms with E-state index in [0.717, 1.165) is 6.42 Å². The van der Waals surface area contributed by atoms with Gasteiger partial charge in [-0.05, 0) is 25.0 Å². The van der Waals surface area contributed by atoms with Gasteiger partial charge >= 0.3 is 0 Å². The van der Waals surface area contributed by atoms with Gasteiger partial charge in [0.2, 0.25) is 0 Å². The Hall–Kier alpha value is -1.42. The molecule has 0 fully saturated rings. The van der Waals surface area contributed by atoms with Crippen molar-refractivity contribution >= 4 is 17.5 Å². The Bertz CT molecular complexity index is 375. The van der Waals surface area contributed by atoms with E-state index in [1.54, 1.807) is 0 Å². The van der Waals surface area contributed by atoms with Crippen molar-refractivity contribution in [1.82, 2.24) is 5.32 Å². The van der Waals surface area contributed by atoms with Crippen LogP contribution in [0.5, 0.6) is 11.5 Å². The lowest BCUT2D eigenvalue weighted by Crippen LogP contribution is -2.25. The summed E-state index contributed by atoms with van der Waals surface area (Å²) in [6.07, 6.45) is 1.54. The maximum atomic E-state index is 11.6. The van der Waals surface area contributed by atoms with Crippen LogP contribution in [0.25, 0.3) is 0 Å². The summed E-state index contributed by atoms with van der Waals surface area (Å²) in [5, 5.41) is 21.2. The predicted octanol–water partition coefficient (Wildman–Crippen LogP) is 2.24. The number of alkyl halides is 1. The van der Waals surface area contributed by atoms with Gasteiger partial charge in [-0.3, -0.25) is 4.79 Å². The van der Waals surface area contributed by atoms with Crippen LogP contribution in [0, 0.1) is 0 Å². The lowest BCUT2D eigenvalue weighted by Gasteiger charge is -2.08. The molecule has 0 spiro atoms. The Labute approximate surface area is 105 Å². The van der Waals surface area contributed by atoms with Gasteiger partial charge in [0.05, 0.1) is 0 Å². The summed E-state index contributed by atoms with van der Waals surface area (Å²) < 4.78 is 0. The van der Waals surface area contributed by atoms with Crippen LogP contribution >= 0.6 is 11.6 Å². The highest BCUT2D eigenvalue weighted by atomic mass is 35.5. The van der Waals surface area contributed by atoms with Crippen molar-refractivity contribution in [2.75, 3.05) is 6.54 Å². The molecule has 1 rings (SSSR count). The fourth-order valence-corrected chi connectivity index (χ4v) is 1.48. The van der Waals surface area contributed by atoms with Crippen LogP contribution in [0.2, 0.25) is 0 Å². The molecule has 0 radical (unpaired) electrons.